The molecule has 7 heteroatoms. The van der Waals surface area contributed by atoms with E-state index in [1.54, 1.807) is 0 Å². The van der Waals surface area contributed by atoms with E-state index in [0.717, 1.165) is 11.8 Å². The van der Waals surface area contributed by atoms with Crippen molar-refractivity contribution in [3.63, 3.8) is 0 Å². The van der Waals surface area contributed by atoms with Crippen molar-refractivity contribution in [2.45, 2.75) is 26.3 Å². The number of aliphatic carboxylic acids is 1. The van der Waals surface area contributed by atoms with Gasteiger partial charge in [-0.1, -0.05) is 0 Å². The fourth-order valence-corrected chi connectivity index (χ4v) is 1.49. The van der Waals surface area contributed by atoms with Gasteiger partial charge in [0.15, 0.2) is 0 Å². The van der Waals surface area contributed by atoms with Crippen molar-refractivity contribution in [3.8, 4) is 0 Å². The van der Waals surface area contributed by atoms with Crippen LogP contribution in [0.15, 0.2) is 0 Å². The Balaban J connectivity index is 3.70. The Bertz CT molecular complexity index is 299. The lowest BCUT2D eigenvalue weighted by Gasteiger charge is -2.20. The van der Waals surface area contributed by atoms with Gasteiger partial charge >= 0.3 is 5.97 Å². The fourth-order valence-electron chi connectivity index (χ4n) is 0.923. The van der Waals surface area contributed by atoms with Gasteiger partial charge < -0.3 is 15.7 Å². The molecule has 0 spiro atoms. The molecule has 0 fully saturated rings. The summed E-state index contributed by atoms with van der Waals surface area (Å²) >= 11 is 0.991. The standard InChI is InChI=1S/C10H18N2O4S/c1-10(2,3)12-7(13)4-11-8(14)5-17-6-9(15)16/h4-6H2,1-3H3,(H,11,14)(H,12,13)(H,15,16). The van der Waals surface area contributed by atoms with E-state index in [-0.39, 0.29) is 35.4 Å². The van der Waals surface area contributed by atoms with Gasteiger partial charge in [0.2, 0.25) is 11.8 Å². The number of nitrogens with one attached hydrogen (secondary N) is 2. The second kappa shape index (κ2) is 7.16. The Morgan fingerprint density at radius 2 is 1.71 bits per heavy atom. The minimum absolute atomic E-state index is 0.0368. The molecular formula is C10H18N2O4S. The van der Waals surface area contributed by atoms with Gasteiger partial charge in [0, 0.05) is 5.54 Å². The molecule has 0 aromatic heterocycles. The Hall–Kier alpha value is -1.24. The molecule has 0 aromatic carbocycles. The number of thioether (sulfide) groups is 1. The Kier molecular flexibility index (Phi) is 6.64. The molecule has 98 valence electrons. The molecule has 0 bridgehead atoms. The predicted molar refractivity (Wildman–Crippen MR) is 65.9 cm³/mol. The van der Waals surface area contributed by atoms with Crippen LogP contribution in [0.4, 0.5) is 0 Å². The van der Waals surface area contributed by atoms with E-state index in [9.17, 15) is 14.4 Å². The summed E-state index contributed by atoms with van der Waals surface area (Å²) in [6.07, 6.45) is 0. The summed E-state index contributed by atoms with van der Waals surface area (Å²) in [4.78, 5) is 32.7. The van der Waals surface area contributed by atoms with Crippen molar-refractivity contribution >= 4 is 29.5 Å². The van der Waals surface area contributed by atoms with Crippen LogP contribution in [0.3, 0.4) is 0 Å². The highest BCUT2D eigenvalue weighted by Crippen LogP contribution is 1.99. The number of carbonyl (C=O) groups excluding carboxylic acids is 2. The van der Waals surface area contributed by atoms with Crippen LogP contribution in [0, 0.1) is 0 Å². The van der Waals surface area contributed by atoms with Crippen molar-refractivity contribution in [1.29, 1.82) is 0 Å². The van der Waals surface area contributed by atoms with Crippen LogP contribution in [0.25, 0.3) is 0 Å². The van der Waals surface area contributed by atoms with E-state index in [1.807, 2.05) is 20.8 Å². The summed E-state index contributed by atoms with van der Waals surface area (Å²) in [6.45, 7) is 5.43. The van der Waals surface area contributed by atoms with Crippen LogP contribution >= 0.6 is 11.8 Å². The molecule has 2 amide bonds. The Labute approximate surface area is 105 Å². The second-order valence-electron chi connectivity index (χ2n) is 4.46. The zero-order valence-corrected chi connectivity index (χ0v) is 11.0. The molecule has 0 unspecified atom stereocenters. The maximum Gasteiger partial charge on any atom is 0.313 e. The first-order valence-electron chi connectivity index (χ1n) is 5.08. The van der Waals surface area contributed by atoms with Gasteiger partial charge in [-0.2, -0.15) is 0 Å². The third-order valence-corrected chi connectivity index (χ3v) is 2.34. The topological polar surface area (TPSA) is 95.5 Å². The number of hydrogen-bond donors (Lipinski definition) is 3. The SMILES string of the molecule is CC(C)(C)NC(=O)CNC(=O)CSCC(=O)O. The van der Waals surface area contributed by atoms with Gasteiger partial charge in [-0.05, 0) is 20.8 Å². The zero-order chi connectivity index (χ0) is 13.5. The maximum absolute atomic E-state index is 11.3. The van der Waals surface area contributed by atoms with E-state index in [4.69, 9.17) is 5.11 Å². The second-order valence-corrected chi connectivity index (χ2v) is 5.45. The quantitative estimate of drug-likeness (QED) is 0.618. The average molecular weight is 262 g/mol. The van der Waals surface area contributed by atoms with Gasteiger partial charge in [0.1, 0.15) is 0 Å². The van der Waals surface area contributed by atoms with E-state index in [1.165, 1.54) is 0 Å². The van der Waals surface area contributed by atoms with Crippen LogP contribution in [0.5, 0.6) is 0 Å². The van der Waals surface area contributed by atoms with Gasteiger partial charge in [-0.25, -0.2) is 0 Å². The molecule has 0 radical (unpaired) electrons. The summed E-state index contributed by atoms with van der Waals surface area (Å²) < 4.78 is 0. The highest BCUT2D eigenvalue weighted by atomic mass is 32.2. The molecule has 6 nitrogen and oxygen atoms in total. The minimum Gasteiger partial charge on any atom is -0.481 e. The van der Waals surface area contributed by atoms with Crippen LogP contribution in [-0.4, -0.2) is 46.5 Å². The first-order valence-corrected chi connectivity index (χ1v) is 6.23. The van der Waals surface area contributed by atoms with E-state index < -0.39 is 5.97 Å². The normalized spacial score (nSPS) is 10.8. The Morgan fingerprint density at radius 1 is 1.12 bits per heavy atom. The number of amides is 2. The van der Waals surface area contributed by atoms with Gasteiger partial charge in [0.05, 0.1) is 18.1 Å². The van der Waals surface area contributed by atoms with E-state index in [2.05, 4.69) is 10.6 Å². The lowest BCUT2D eigenvalue weighted by molar-refractivity contribution is -0.134. The van der Waals surface area contributed by atoms with Crippen molar-refractivity contribution in [2.24, 2.45) is 0 Å². The van der Waals surface area contributed by atoms with Gasteiger partial charge in [-0.3, -0.25) is 14.4 Å². The average Bonchev–Trinajstić information content (AvgIpc) is 2.11. The molecule has 17 heavy (non-hydrogen) atoms. The molecule has 0 rings (SSSR count). The summed E-state index contributed by atoms with van der Waals surface area (Å²) in [5.41, 5.74) is -0.333. The third-order valence-electron chi connectivity index (χ3n) is 1.42. The molecule has 0 saturated heterocycles. The van der Waals surface area contributed by atoms with Crippen LogP contribution in [-0.2, 0) is 14.4 Å². The van der Waals surface area contributed by atoms with Gasteiger partial charge in [-0.15, -0.1) is 11.8 Å². The highest BCUT2D eigenvalue weighted by Gasteiger charge is 2.14. The molecule has 0 aliphatic carbocycles. The van der Waals surface area contributed by atoms with Crippen molar-refractivity contribution in [1.82, 2.24) is 10.6 Å². The van der Waals surface area contributed by atoms with Crippen LogP contribution < -0.4 is 10.6 Å². The van der Waals surface area contributed by atoms with Crippen LogP contribution in [0.1, 0.15) is 20.8 Å². The molecule has 0 aromatic rings. The lowest BCUT2D eigenvalue weighted by Crippen LogP contribution is -2.46. The van der Waals surface area contributed by atoms with E-state index >= 15 is 0 Å². The summed E-state index contributed by atoms with van der Waals surface area (Å²) in [6, 6.07) is 0. The first kappa shape index (κ1) is 15.8. The largest absolute Gasteiger partial charge is 0.481 e. The molecule has 0 heterocycles. The Morgan fingerprint density at radius 3 is 2.18 bits per heavy atom. The molecule has 0 aliphatic rings. The summed E-state index contributed by atoms with van der Waals surface area (Å²) in [5, 5.41) is 13.5. The minimum atomic E-state index is -0.965. The summed E-state index contributed by atoms with van der Waals surface area (Å²) in [7, 11) is 0. The number of carboxylic acid groups (broad SMARTS) is 1. The zero-order valence-electron chi connectivity index (χ0n) is 10.2. The molecule has 0 saturated carbocycles. The monoisotopic (exact) mass is 262 g/mol. The van der Waals surface area contributed by atoms with Gasteiger partial charge in [0.25, 0.3) is 0 Å². The van der Waals surface area contributed by atoms with Crippen LogP contribution in [0.2, 0.25) is 0 Å². The van der Waals surface area contributed by atoms with E-state index in [0.29, 0.717) is 0 Å². The molecule has 3 N–H and O–H groups in total. The summed E-state index contributed by atoms with van der Waals surface area (Å²) in [5.74, 6) is -1.67. The number of carboxylic acids is 1. The van der Waals surface area contributed by atoms with Crippen molar-refractivity contribution < 1.29 is 19.5 Å². The third kappa shape index (κ3) is 11.0. The molecule has 0 aliphatic heterocycles. The smallest absolute Gasteiger partial charge is 0.313 e. The molecular weight excluding hydrogens is 244 g/mol. The van der Waals surface area contributed by atoms with Crippen molar-refractivity contribution in [2.75, 3.05) is 18.1 Å². The highest BCUT2D eigenvalue weighted by molar-refractivity contribution is 8.00. The predicted octanol–water partition coefficient (Wildman–Crippen LogP) is -0.165. The molecule has 0 atom stereocenters. The number of carbonyl (C=O) groups is 3. The lowest BCUT2D eigenvalue weighted by atomic mass is 10.1. The fraction of sp³-hybridized carbons (Fsp3) is 0.700. The maximum atomic E-state index is 11.3. The number of hydrogen-bond acceptors (Lipinski definition) is 4. The van der Waals surface area contributed by atoms with Crippen molar-refractivity contribution in [3.05, 3.63) is 0 Å². The number of rotatable bonds is 6. The first-order chi connectivity index (χ1) is 7.70.